The van der Waals surface area contributed by atoms with Gasteiger partial charge in [0.2, 0.25) is 0 Å². The number of hydrogen-bond donors (Lipinski definition) is 2. The summed E-state index contributed by atoms with van der Waals surface area (Å²) in [4.78, 5) is 27.8. The van der Waals surface area contributed by atoms with E-state index in [2.05, 4.69) is 17.2 Å². The van der Waals surface area contributed by atoms with Crippen molar-refractivity contribution in [3.63, 3.8) is 0 Å². The molecular weight excluding hydrogens is 328 g/mol. The van der Waals surface area contributed by atoms with E-state index < -0.39 is 0 Å². The number of fused-ring (bicyclic) bond motifs is 1. The standard InChI is InChI=1S/C21H26N2O3/c1-3-4-11-26-16-8-5-7-15(12-16)13-22-21(25)20-14(2)19-17(23-20)9-6-10-18(19)24/h5,7-8,12,23H,3-4,6,9-11,13H2,1-2H3,(H,22,25). The highest BCUT2D eigenvalue weighted by atomic mass is 16.5. The summed E-state index contributed by atoms with van der Waals surface area (Å²) >= 11 is 0. The number of Topliss-reactive ketones (excluding diaryl/α,β-unsaturated/α-hetero) is 1. The van der Waals surface area contributed by atoms with Crippen LogP contribution in [0.2, 0.25) is 0 Å². The van der Waals surface area contributed by atoms with Gasteiger partial charge in [-0.3, -0.25) is 9.59 Å². The molecule has 1 aliphatic rings. The molecule has 2 N–H and O–H groups in total. The van der Waals surface area contributed by atoms with Crippen molar-refractivity contribution >= 4 is 11.7 Å². The molecule has 0 unspecified atom stereocenters. The number of aromatic nitrogens is 1. The van der Waals surface area contributed by atoms with Gasteiger partial charge in [0.1, 0.15) is 11.4 Å². The molecule has 1 aromatic carbocycles. The van der Waals surface area contributed by atoms with Crippen LogP contribution in [0.4, 0.5) is 0 Å². The fraction of sp³-hybridized carbons (Fsp3) is 0.429. The molecule has 0 radical (unpaired) electrons. The van der Waals surface area contributed by atoms with E-state index in [-0.39, 0.29) is 11.7 Å². The first-order valence-corrected chi connectivity index (χ1v) is 9.34. The maximum atomic E-state index is 12.6. The predicted molar refractivity (Wildman–Crippen MR) is 101 cm³/mol. The van der Waals surface area contributed by atoms with Crippen LogP contribution in [0.5, 0.6) is 5.75 Å². The molecule has 1 amide bonds. The third kappa shape index (κ3) is 3.98. The average molecular weight is 354 g/mol. The minimum atomic E-state index is -0.179. The summed E-state index contributed by atoms with van der Waals surface area (Å²) in [5.74, 6) is 0.778. The van der Waals surface area contributed by atoms with Crippen LogP contribution in [0, 0.1) is 6.92 Å². The first kappa shape index (κ1) is 18.2. The molecule has 1 aliphatic carbocycles. The summed E-state index contributed by atoms with van der Waals surface area (Å²) in [6, 6.07) is 7.77. The first-order valence-electron chi connectivity index (χ1n) is 9.34. The third-order valence-corrected chi connectivity index (χ3v) is 4.78. The van der Waals surface area contributed by atoms with Gasteiger partial charge in [-0.1, -0.05) is 25.5 Å². The number of hydrogen-bond acceptors (Lipinski definition) is 3. The normalized spacial score (nSPS) is 13.4. The molecule has 0 aliphatic heterocycles. The number of H-pyrrole nitrogens is 1. The molecular formula is C21H26N2O3. The fourth-order valence-corrected chi connectivity index (χ4v) is 3.35. The van der Waals surface area contributed by atoms with Crippen molar-refractivity contribution in [1.29, 1.82) is 0 Å². The van der Waals surface area contributed by atoms with E-state index in [9.17, 15) is 9.59 Å². The van der Waals surface area contributed by atoms with E-state index in [1.54, 1.807) is 0 Å². The minimum Gasteiger partial charge on any atom is -0.494 e. The van der Waals surface area contributed by atoms with Gasteiger partial charge < -0.3 is 15.0 Å². The summed E-state index contributed by atoms with van der Waals surface area (Å²) in [5.41, 5.74) is 3.86. The number of ketones is 1. The van der Waals surface area contributed by atoms with E-state index in [0.29, 0.717) is 30.8 Å². The van der Waals surface area contributed by atoms with Gasteiger partial charge in [-0.2, -0.15) is 0 Å². The summed E-state index contributed by atoms with van der Waals surface area (Å²) in [7, 11) is 0. The number of benzene rings is 1. The molecule has 0 bridgehead atoms. The minimum absolute atomic E-state index is 0.135. The SMILES string of the molecule is CCCCOc1cccc(CNC(=O)c2[nH]c3c(c2C)C(=O)CCC3)c1. The Morgan fingerprint density at radius 3 is 2.92 bits per heavy atom. The van der Waals surface area contributed by atoms with Crippen molar-refractivity contribution < 1.29 is 14.3 Å². The molecule has 26 heavy (non-hydrogen) atoms. The lowest BCUT2D eigenvalue weighted by Crippen LogP contribution is -2.24. The highest BCUT2D eigenvalue weighted by Crippen LogP contribution is 2.26. The van der Waals surface area contributed by atoms with Crippen molar-refractivity contribution in [2.75, 3.05) is 6.61 Å². The zero-order valence-corrected chi connectivity index (χ0v) is 15.5. The van der Waals surface area contributed by atoms with Crippen LogP contribution in [0.3, 0.4) is 0 Å². The number of rotatable bonds is 7. The summed E-state index contributed by atoms with van der Waals surface area (Å²) in [5, 5.41) is 2.94. The molecule has 5 heteroatoms. The lowest BCUT2D eigenvalue weighted by Gasteiger charge is -2.09. The Labute approximate surface area is 154 Å². The Morgan fingerprint density at radius 1 is 1.31 bits per heavy atom. The van der Waals surface area contributed by atoms with Crippen LogP contribution in [-0.2, 0) is 13.0 Å². The summed E-state index contributed by atoms with van der Waals surface area (Å²) < 4.78 is 5.71. The number of unbranched alkanes of at least 4 members (excludes halogenated alkanes) is 1. The van der Waals surface area contributed by atoms with Gasteiger partial charge in [-0.25, -0.2) is 0 Å². The molecule has 0 fully saturated rings. The van der Waals surface area contributed by atoms with Crippen molar-refractivity contribution in [2.24, 2.45) is 0 Å². The van der Waals surface area contributed by atoms with Crippen LogP contribution in [0.1, 0.15) is 70.3 Å². The lowest BCUT2D eigenvalue weighted by atomic mass is 9.94. The molecule has 138 valence electrons. The number of carbonyl (C=O) groups is 2. The van der Waals surface area contributed by atoms with E-state index in [1.165, 1.54) is 0 Å². The van der Waals surface area contributed by atoms with Crippen LogP contribution in [-0.4, -0.2) is 23.3 Å². The zero-order chi connectivity index (χ0) is 18.5. The molecule has 2 aromatic rings. The number of nitrogens with one attached hydrogen (secondary N) is 2. The van der Waals surface area contributed by atoms with E-state index in [4.69, 9.17) is 4.74 Å². The maximum absolute atomic E-state index is 12.6. The molecule has 0 atom stereocenters. The fourth-order valence-electron chi connectivity index (χ4n) is 3.35. The highest BCUT2D eigenvalue weighted by Gasteiger charge is 2.26. The van der Waals surface area contributed by atoms with Gasteiger partial charge in [0, 0.05) is 24.2 Å². The van der Waals surface area contributed by atoms with Crippen molar-refractivity contribution in [3.8, 4) is 5.75 Å². The van der Waals surface area contributed by atoms with Crippen LogP contribution >= 0.6 is 0 Å². The number of aromatic amines is 1. The molecule has 0 saturated heterocycles. The van der Waals surface area contributed by atoms with Gasteiger partial charge in [0.15, 0.2) is 5.78 Å². The predicted octanol–water partition coefficient (Wildman–Crippen LogP) is 3.95. The quantitative estimate of drug-likeness (QED) is 0.740. The summed E-state index contributed by atoms with van der Waals surface area (Å²) in [6.07, 6.45) is 4.36. The highest BCUT2D eigenvalue weighted by molar-refractivity contribution is 6.04. The largest absolute Gasteiger partial charge is 0.494 e. The number of carbonyl (C=O) groups excluding carboxylic acids is 2. The van der Waals surface area contributed by atoms with Crippen molar-refractivity contribution in [3.05, 3.63) is 52.3 Å². The van der Waals surface area contributed by atoms with Crippen LogP contribution < -0.4 is 10.1 Å². The average Bonchev–Trinajstić information content (AvgIpc) is 2.98. The van der Waals surface area contributed by atoms with Gasteiger partial charge in [0.05, 0.1) is 6.61 Å². The summed E-state index contributed by atoms with van der Waals surface area (Å²) in [6.45, 7) is 5.09. The van der Waals surface area contributed by atoms with Gasteiger partial charge >= 0.3 is 0 Å². The molecule has 1 aromatic heterocycles. The monoisotopic (exact) mass is 354 g/mol. The van der Waals surface area contributed by atoms with E-state index in [1.807, 2.05) is 31.2 Å². The first-order chi connectivity index (χ1) is 12.6. The molecule has 5 nitrogen and oxygen atoms in total. The second-order valence-electron chi connectivity index (χ2n) is 6.79. The zero-order valence-electron chi connectivity index (χ0n) is 15.5. The van der Waals surface area contributed by atoms with Crippen LogP contribution in [0.15, 0.2) is 24.3 Å². The molecule has 0 spiro atoms. The number of amides is 1. The Balaban J connectivity index is 1.64. The molecule has 1 heterocycles. The second kappa shape index (κ2) is 8.21. The van der Waals surface area contributed by atoms with Gasteiger partial charge in [-0.15, -0.1) is 0 Å². The van der Waals surface area contributed by atoms with Crippen LogP contribution in [0.25, 0.3) is 0 Å². The second-order valence-corrected chi connectivity index (χ2v) is 6.79. The van der Waals surface area contributed by atoms with Gasteiger partial charge in [-0.05, 0) is 49.4 Å². The molecule has 3 rings (SSSR count). The van der Waals surface area contributed by atoms with Gasteiger partial charge in [0.25, 0.3) is 5.91 Å². The van der Waals surface area contributed by atoms with E-state index >= 15 is 0 Å². The lowest BCUT2D eigenvalue weighted by molar-refractivity contribution is 0.0944. The maximum Gasteiger partial charge on any atom is 0.268 e. The smallest absolute Gasteiger partial charge is 0.268 e. The Hall–Kier alpha value is -2.56. The van der Waals surface area contributed by atoms with Crippen molar-refractivity contribution in [1.82, 2.24) is 10.3 Å². The molecule has 0 saturated carbocycles. The Kier molecular flexibility index (Phi) is 5.76. The Bertz CT molecular complexity index is 808. The van der Waals surface area contributed by atoms with E-state index in [0.717, 1.165) is 48.3 Å². The Morgan fingerprint density at radius 2 is 2.15 bits per heavy atom. The number of ether oxygens (including phenoxy) is 1. The number of aryl methyl sites for hydroxylation is 1. The van der Waals surface area contributed by atoms with Crippen molar-refractivity contribution in [2.45, 2.75) is 52.5 Å². The third-order valence-electron chi connectivity index (χ3n) is 4.78. The topological polar surface area (TPSA) is 71.2 Å².